The molecule has 0 bridgehead atoms. The summed E-state index contributed by atoms with van der Waals surface area (Å²) in [6, 6.07) is 9.77. The second kappa shape index (κ2) is 5.14. The molecule has 2 aromatic rings. The topological polar surface area (TPSA) is 38.0 Å². The summed E-state index contributed by atoms with van der Waals surface area (Å²) in [4.78, 5) is 0. The highest BCUT2D eigenvalue weighted by Crippen LogP contribution is 2.15. The van der Waals surface area contributed by atoms with Crippen LogP contribution in [0.4, 0.5) is 0 Å². The molecule has 0 aliphatic carbocycles. The minimum atomic E-state index is 0.229. The van der Waals surface area contributed by atoms with E-state index in [0.717, 1.165) is 18.5 Å². The van der Waals surface area contributed by atoms with Gasteiger partial charge in [0.25, 0.3) is 0 Å². The van der Waals surface area contributed by atoms with Crippen LogP contribution in [0.1, 0.15) is 12.0 Å². The second-order valence-electron chi connectivity index (χ2n) is 3.56. The fourth-order valence-electron chi connectivity index (χ4n) is 1.56. The largest absolute Gasteiger partial charge is 0.396 e. The number of aryl methyl sites for hydroxylation is 1. The van der Waals surface area contributed by atoms with Gasteiger partial charge < -0.3 is 5.11 Å². The molecule has 4 heteroatoms. The molecule has 0 amide bonds. The van der Waals surface area contributed by atoms with Gasteiger partial charge in [0.2, 0.25) is 0 Å². The van der Waals surface area contributed by atoms with Crippen molar-refractivity contribution in [1.29, 1.82) is 0 Å². The zero-order valence-electron chi connectivity index (χ0n) is 8.81. The number of aliphatic hydroxyl groups excluding tert-OH is 1. The van der Waals surface area contributed by atoms with E-state index in [9.17, 15) is 0 Å². The lowest BCUT2D eigenvalue weighted by Gasteiger charge is -2.04. The summed E-state index contributed by atoms with van der Waals surface area (Å²) in [6.07, 6.45) is 3.35. The number of halogens is 1. The molecule has 2 rings (SSSR count). The molecule has 1 N–H and O–H groups in total. The number of rotatable bonds is 4. The van der Waals surface area contributed by atoms with E-state index in [4.69, 9.17) is 16.7 Å². The van der Waals surface area contributed by atoms with Gasteiger partial charge in [-0.15, -0.1) is 0 Å². The minimum Gasteiger partial charge on any atom is -0.396 e. The van der Waals surface area contributed by atoms with Gasteiger partial charge in [-0.1, -0.05) is 23.7 Å². The van der Waals surface area contributed by atoms with Crippen molar-refractivity contribution in [3.05, 3.63) is 47.2 Å². The Labute approximate surface area is 99.3 Å². The van der Waals surface area contributed by atoms with Gasteiger partial charge in [0, 0.05) is 6.61 Å². The van der Waals surface area contributed by atoms with Gasteiger partial charge in [0.15, 0.2) is 0 Å². The maximum absolute atomic E-state index is 8.74. The Morgan fingerprint density at radius 2 is 1.94 bits per heavy atom. The Morgan fingerprint density at radius 1 is 1.19 bits per heavy atom. The van der Waals surface area contributed by atoms with E-state index in [0.29, 0.717) is 5.15 Å². The number of nitrogens with zero attached hydrogens (tertiary/aromatic N) is 2. The normalized spacial score (nSPS) is 10.6. The fraction of sp³-hybridized carbons (Fsp3) is 0.250. The van der Waals surface area contributed by atoms with Crippen LogP contribution in [0, 0.1) is 0 Å². The average molecular weight is 237 g/mol. The first-order valence-corrected chi connectivity index (χ1v) is 5.59. The zero-order chi connectivity index (χ0) is 11.4. The highest BCUT2D eigenvalue weighted by molar-refractivity contribution is 6.29. The monoisotopic (exact) mass is 236 g/mol. The molecule has 0 atom stereocenters. The minimum absolute atomic E-state index is 0.229. The van der Waals surface area contributed by atoms with Gasteiger partial charge in [0.05, 0.1) is 11.9 Å². The molecular formula is C12H13ClN2O. The molecule has 0 spiro atoms. The van der Waals surface area contributed by atoms with E-state index in [1.807, 2.05) is 24.3 Å². The first-order chi connectivity index (χ1) is 7.81. The molecule has 0 aliphatic rings. The molecule has 16 heavy (non-hydrogen) atoms. The second-order valence-corrected chi connectivity index (χ2v) is 3.95. The average Bonchev–Trinajstić information content (AvgIpc) is 2.74. The number of aromatic nitrogens is 2. The molecule has 0 saturated carbocycles. The predicted octanol–water partition coefficient (Wildman–Crippen LogP) is 2.45. The zero-order valence-corrected chi connectivity index (χ0v) is 9.56. The molecule has 0 saturated heterocycles. The van der Waals surface area contributed by atoms with Crippen molar-refractivity contribution < 1.29 is 5.11 Å². The first-order valence-electron chi connectivity index (χ1n) is 5.21. The lowest BCUT2D eigenvalue weighted by atomic mass is 10.1. The summed E-state index contributed by atoms with van der Waals surface area (Å²) in [7, 11) is 0. The first kappa shape index (κ1) is 11.2. The summed E-state index contributed by atoms with van der Waals surface area (Å²) in [5, 5.41) is 13.5. The van der Waals surface area contributed by atoms with Crippen molar-refractivity contribution in [1.82, 2.24) is 9.78 Å². The van der Waals surface area contributed by atoms with Crippen molar-refractivity contribution in [2.24, 2.45) is 0 Å². The predicted molar refractivity (Wildman–Crippen MR) is 64.0 cm³/mol. The summed E-state index contributed by atoms with van der Waals surface area (Å²) in [5.74, 6) is 0. The molecule has 84 valence electrons. The van der Waals surface area contributed by atoms with Crippen LogP contribution in [0.25, 0.3) is 5.69 Å². The third-order valence-electron chi connectivity index (χ3n) is 2.40. The molecule has 1 aromatic carbocycles. The fourth-order valence-corrected chi connectivity index (χ4v) is 1.76. The van der Waals surface area contributed by atoms with Crippen LogP contribution in [0.5, 0.6) is 0 Å². The van der Waals surface area contributed by atoms with Gasteiger partial charge in [-0.25, -0.2) is 4.68 Å². The third-order valence-corrected chi connectivity index (χ3v) is 2.69. The molecule has 1 heterocycles. The van der Waals surface area contributed by atoms with Crippen LogP contribution in [-0.4, -0.2) is 21.5 Å². The summed E-state index contributed by atoms with van der Waals surface area (Å²) >= 11 is 5.97. The maximum atomic E-state index is 8.74. The van der Waals surface area contributed by atoms with Gasteiger partial charge in [0.1, 0.15) is 5.15 Å². The van der Waals surface area contributed by atoms with Crippen molar-refractivity contribution in [2.75, 3.05) is 6.61 Å². The number of hydrogen-bond donors (Lipinski definition) is 1. The van der Waals surface area contributed by atoms with Crippen molar-refractivity contribution in [3.63, 3.8) is 0 Å². The van der Waals surface area contributed by atoms with Crippen molar-refractivity contribution in [2.45, 2.75) is 12.8 Å². The molecule has 1 aromatic heterocycles. The van der Waals surface area contributed by atoms with Crippen molar-refractivity contribution in [3.8, 4) is 5.69 Å². The Bertz CT molecular complexity index is 450. The van der Waals surface area contributed by atoms with Crippen molar-refractivity contribution >= 4 is 11.6 Å². The van der Waals surface area contributed by atoms with Crippen LogP contribution in [0.2, 0.25) is 5.15 Å². The molecular weight excluding hydrogens is 224 g/mol. The molecule has 0 radical (unpaired) electrons. The van der Waals surface area contributed by atoms with E-state index < -0.39 is 0 Å². The summed E-state index contributed by atoms with van der Waals surface area (Å²) in [5.41, 5.74) is 2.16. The number of aliphatic hydroxyl groups is 1. The summed E-state index contributed by atoms with van der Waals surface area (Å²) in [6.45, 7) is 0.229. The lowest BCUT2D eigenvalue weighted by Crippen LogP contribution is -1.96. The lowest BCUT2D eigenvalue weighted by molar-refractivity contribution is 0.288. The van der Waals surface area contributed by atoms with Gasteiger partial charge >= 0.3 is 0 Å². The van der Waals surface area contributed by atoms with Crippen LogP contribution < -0.4 is 0 Å². The van der Waals surface area contributed by atoms with E-state index in [2.05, 4.69) is 5.10 Å². The Morgan fingerprint density at radius 3 is 2.50 bits per heavy atom. The Balaban J connectivity index is 2.16. The maximum Gasteiger partial charge on any atom is 0.132 e. The van der Waals surface area contributed by atoms with Gasteiger partial charge in [-0.2, -0.15) is 5.10 Å². The van der Waals surface area contributed by atoms with Crippen LogP contribution in [0.3, 0.4) is 0 Å². The number of hydrogen-bond acceptors (Lipinski definition) is 2. The smallest absolute Gasteiger partial charge is 0.132 e. The number of benzene rings is 1. The van der Waals surface area contributed by atoms with Crippen LogP contribution >= 0.6 is 11.6 Å². The van der Waals surface area contributed by atoms with Gasteiger partial charge in [-0.3, -0.25) is 0 Å². The van der Waals surface area contributed by atoms with Gasteiger partial charge in [-0.05, 0) is 36.6 Å². The SMILES string of the molecule is OCCCc1ccc(-n2nccc2Cl)cc1. The highest BCUT2D eigenvalue weighted by atomic mass is 35.5. The molecule has 0 fully saturated rings. The molecule has 0 aliphatic heterocycles. The highest BCUT2D eigenvalue weighted by Gasteiger charge is 2.01. The molecule has 3 nitrogen and oxygen atoms in total. The Hall–Kier alpha value is -1.32. The van der Waals surface area contributed by atoms with E-state index in [-0.39, 0.29) is 6.61 Å². The third kappa shape index (κ3) is 2.43. The van der Waals surface area contributed by atoms with Crippen LogP contribution in [-0.2, 0) is 6.42 Å². The standard InChI is InChI=1S/C12H13ClN2O/c13-12-7-8-14-15(12)11-5-3-10(4-6-11)2-1-9-16/h3-8,16H,1-2,9H2. The summed E-state index contributed by atoms with van der Waals surface area (Å²) < 4.78 is 1.68. The van der Waals surface area contributed by atoms with E-state index in [1.54, 1.807) is 16.9 Å². The van der Waals surface area contributed by atoms with E-state index in [1.165, 1.54) is 5.56 Å². The molecule has 0 unspecified atom stereocenters. The Kier molecular flexibility index (Phi) is 3.59. The van der Waals surface area contributed by atoms with E-state index >= 15 is 0 Å². The van der Waals surface area contributed by atoms with Crippen LogP contribution in [0.15, 0.2) is 36.5 Å². The quantitative estimate of drug-likeness (QED) is 0.886.